The van der Waals surface area contributed by atoms with Crippen LogP contribution in [0, 0.1) is 23.2 Å². The third-order valence-electron chi connectivity index (χ3n) is 4.92. The number of nitrogens with zero attached hydrogens (tertiary/aromatic N) is 4. The summed E-state index contributed by atoms with van der Waals surface area (Å²) in [7, 11) is 1.53. The number of benzene rings is 1. The van der Waals surface area contributed by atoms with Gasteiger partial charge in [0.25, 0.3) is 0 Å². The van der Waals surface area contributed by atoms with Gasteiger partial charge in [-0.15, -0.1) is 0 Å². The maximum absolute atomic E-state index is 12.6. The van der Waals surface area contributed by atoms with Crippen LogP contribution in [0.25, 0.3) is 11.0 Å². The van der Waals surface area contributed by atoms with E-state index >= 15 is 0 Å². The summed E-state index contributed by atoms with van der Waals surface area (Å²) in [5.41, 5.74) is 1.77. The zero-order chi connectivity index (χ0) is 20.1. The van der Waals surface area contributed by atoms with Gasteiger partial charge in [0.1, 0.15) is 12.3 Å². The van der Waals surface area contributed by atoms with Crippen molar-refractivity contribution in [1.82, 2.24) is 9.97 Å². The summed E-state index contributed by atoms with van der Waals surface area (Å²) < 4.78 is 10.1. The maximum atomic E-state index is 12.6. The largest absolute Gasteiger partial charge is 0.462 e. The zero-order valence-electron chi connectivity index (χ0n) is 16.6. The van der Waals surface area contributed by atoms with E-state index in [0.717, 1.165) is 25.0 Å². The number of nitriles is 1. The maximum Gasteiger partial charge on any atom is 0.329 e. The molecule has 148 valence electrons. The van der Waals surface area contributed by atoms with Crippen molar-refractivity contribution in [2.24, 2.45) is 11.8 Å². The minimum atomic E-state index is -1.13. The van der Waals surface area contributed by atoms with Crippen molar-refractivity contribution < 1.29 is 14.3 Å². The van der Waals surface area contributed by atoms with Crippen LogP contribution in [-0.4, -0.2) is 49.4 Å². The van der Waals surface area contributed by atoms with Gasteiger partial charge < -0.3 is 14.4 Å². The van der Waals surface area contributed by atoms with E-state index in [1.165, 1.54) is 7.11 Å². The molecule has 0 saturated carbocycles. The molecule has 0 bridgehead atoms. The van der Waals surface area contributed by atoms with Crippen LogP contribution in [0.15, 0.2) is 24.3 Å². The van der Waals surface area contributed by atoms with Gasteiger partial charge in [-0.3, -0.25) is 4.79 Å². The fraction of sp³-hybridized carbons (Fsp3) is 0.524. The molecule has 7 nitrogen and oxygen atoms in total. The summed E-state index contributed by atoms with van der Waals surface area (Å²) >= 11 is 0. The number of fused-ring (bicyclic) bond motifs is 1. The number of aromatic nitrogens is 2. The fourth-order valence-electron chi connectivity index (χ4n) is 3.80. The number of anilines is 1. The minimum absolute atomic E-state index is 0.0988. The van der Waals surface area contributed by atoms with Gasteiger partial charge in [0, 0.05) is 20.2 Å². The van der Waals surface area contributed by atoms with Crippen LogP contribution in [0.3, 0.4) is 0 Å². The molecule has 0 amide bonds. The number of piperidine rings is 1. The lowest BCUT2D eigenvalue weighted by atomic mass is 9.91. The van der Waals surface area contributed by atoms with E-state index in [-0.39, 0.29) is 13.2 Å². The van der Waals surface area contributed by atoms with Crippen molar-refractivity contribution in [3.05, 3.63) is 30.0 Å². The molecule has 1 aromatic carbocycles. The number of rotatable bonds is 6. The van der Waals surface area contributed by atoms with Crippen LogP contribution in [0.4, 0.5) is 5.82 Å². The first-order valence-corrected chi connectivity index (χ1v) is 9.60. The number of esters is 1. The average molecular weight is 382 g/mol. The van der Waals surface area contributed by atoms with Gasteiger partial charge in [0.15, 0.2) is 11.7 Å². The van der Waals surface area contributed by atoms with E-state index in [0.29, 0.717) is 28.9 Å². The van der Waals surface area contributed by atoms with E-state index in [1.807, 2.05) is 24.3 Å². The second-order valence-corrected chi connectivity index (χ2v) is 7.49. The Labute approximate surface area is 165 Å². The highest BCUT2D eigenvalue weighted by atomic mass is 16.6. The second-order valence-electron chi connectivity index (χ2n) is 7.49. The SMILES string of the molecule is COCCOC(=O)C(C#N)c1nc2ccccc2nc1N1CC(C)CC(C)C1. The summed E-state index contributed by atoms with van der Waals surface area (Å²) in [5.74, 6) is -0.148. The highest BCUT2D eigenvalue weighted by Crippen LogP contribution is 2.32. The fourth-order valence-corrected chi connectivity index (χ4v) is 3.80. The molecule has 3 unspecified atom stereocenters. The molecule has 2 heterocycles. The number of hydrogen-bond acceptors (Lipinski definition) is 7. The van der Waals surface area contributed by atoms with Gasteiger partial charge in [0.05, 0.1) is 23.7 Å². The summed E-state index contributed by atoms with van der Waals surface area (Å²) in [5, 5.41) is 9.74. The first-order chi connectivity index (χ1) is 13.5. The molecule has 1 aliphatic heterocycles. The molecule has 1 saturated heterocycles. The Balaban J connectivity index is 2.03. The number of carbonyl (C=O) groups excluding carboxylic acids is 1. The summed E-state index contributed by atoms with van der Waals surface area (Å²) in [4.78, 5) is 24.2. The van der Waals surface area contributed by atoms with Crippen LogP contribution in [0.5, 0.6) is 0 Å². The quantitative estimate of drug-likeness (QED) is 0.560. The van der Waals surface area contributed by atoms with Crippen LogP contribution in [0.1, 0.15) is 31.9 Å². The Bertz CT molecular complexity index is 870. The molecule has 0 aliphatic carbocycles. The van der Waals surface area contributed by atoms with Crippen LogP contribution < -0.4 is 4.90 Å². The van der Waals surface area contributed by atoms with Crippen LogP contribution >= 0.6 is 0 Å². The number of para-hydroxylation sites is 2. The Morgan fingerprint density at radius 1 is 1.21 bits per heavy atom. The molecule has 0 spiro atoms. The van der Waals surface area contributed by atoms with Gasteiger partial charge in [-0.25, -0.2) is 9.97 Å². The predicted molar refractivity (Wildman–Crippen MR) is 106 cm³/mol. The second kappa shape index (κ2) is 8.98. The zero-order valence-corrected chi connectivity index (χ0v) is 16.6. The highest BCUT2D eigenvalue weighted by molar-refractivity contribution is 5.85. The van der Waals surface area contributed by atoms with Crippen molar-refractivity contribution in [2.45, 2.75) is 26.2 Å². The third kappa shape index (κ3) is 4.39. The lowest BCUT2D eigenvalue weighted by Crippen LogP contribution is -2.40. The van der Waals surface area contributed by atoms with Gasteiger partial charge in [-0.1, -0.05) is 26.0 Å². The molecule has 1 aromatic heterocycles. The van der Waals surface area contributed by atoms with Crippen LogP contribution in [-0.2, 0) is 14.3 Å². The predicted octanol–water partition coefficient (Wildman–Crippen LogP) is 2.91. The third-order valence-corrected chi connectivity index (χ3v) is 4.92. The number of hydrogen-bond donors (Lipinski definition) is 0. The summed E-state index contributed by atoms with van der Waals surface area (Å²) in [6.07, 6.45) is 1.15. The normalized spacial score (nSPS) is 20.6. The van der Waals surface area contributed by atoms with Crippen molar-refractivity contribution in [3.63, 3.8) is 0 Å². The van der Waals surface area contributed by atoms with E-state index in [2.05, 4.69) is 29.8 Å². The molecule has 2 aromatic rings. The lowest BCUT2D eigenvalue weighted by molar-refractivity contribution is -0.145. The van der Waals surface area contributed by atoms with Crippen LogP contribution in [0.2, 0.25) is 0 Å². The molecule has 0 radical (unpaired) electrons. The minimum Gasteiger partial charge on any atom is -0.462 e. The van der Waals surface area contributed by atoms with E-state index < -0.39 is 11.9 Å². The Hall–Kier alpha value is -2.72. The molecular weight excluding hydrogens is 356 g/mol. The van der Waals surface area contributed by atoms with Gasteiger partial charge in [0.2, 0.25) is 0 Å². The molecule has 28 heavy (non-hydrogen) atoms. The van der Waals surface area contributed by atoms with E-state index in [1.54, 1.807) is 0 Å². The monoisotopic (exact) mass is 382 g/mol. The Morgan fingerprint density at radius 3 is 2.46 bits per heavy atom. The van der Waals surface area contributed by atoms with Crippen molar-refractivity contribution in [3.8, 4) is 6.07 Å². The van der Waals surface area contributed by atoms with Crippen molar-refractivity contribution >= 4 is 22.8 Å². The first-order valence-electron chi connectivity index (χ1n) is 9.60. The summed E-state index contributed by atoms with van der Waals surface area (Å²) in [6.45, 7) is 6.43. The number of methoxy groups -OCH3 is 1. The molecule has 3 rings (SSSR count). The first kappa shape index (κ1) is 20.0. The lowest BCUT2D eigenvalue weighted by Gasteiger charge is -2.36. The highest BCUT2D eigenvalue weighted by Gasteiger charge is 2.32. The molecule has 1 fully saturated rings. The van der Waals surface area contributed by atoms with E-state index in [9.17, 15) is 10.1 Å². The van der Waals surface area contributed by atoms with E-state index in [4.69, 9.17) is 14.5 Å². The average Bonchev–Trinajstić information content (AvgIpc) is 2.67. The Morgan fingerprint density at radius 2 is 1.86 bits per heavy atom. The standard InChI is InChI=1S/C21H26N4O3/c1-14-10-15(2)13-25(12-14)20-19(16(11-22)21(26)28-9-8-27-3)23-17-6-4-5-7-18(17)24-20/h4-7,14-16H,8-10,12-13H2,1-3H3. The molecule has 3 atom stereocenters. The van der Waals surface area contributed by atoms with Gasteiger partial charge in [-0.05, 0) is 30.4 Å². The number of ether oxygens (including phenoxy) is 2. The topological polar surface area (TPSA) is 88.3 Å². The summed E-state index contributed by atoms with van der Waals surface area (Å²) in [6, 6.07) is 9.57. The van der Waals surface area contributed by atoms with Gasteiger partial charge >= 0.3 is 5.97 Å². The Kier molecular flexibility index (Phi) is 6.42. The molecule has 1 aliphatic rings. The molecular formula is C21H26N4O3. The van der Waals surface area contributed by atoms with Crippen molar-refractivity contribution in [1.29, 1.82) is 5.26 Å². The molecule has 0 N–H and O–H groups in total. The van der Waals surface area contributed by atoms with Crippen molar-refractivity contribution in [2.75, 3.05) is 38.3 Å². The van der Waals surface area contributed by atoms with Gasteiger partial charge in [-0.2, -0.15) is 5.26 Å². The smallest absolute Gasteiger partial charge is 0.329 e. The molecule has 7 heteroatoms. The number of carbonyl (C=O) groups is 1.